The van der Waals surface area contributed by atoms with Crippen LogP contribution in [0, 0.1) is 5.41 Å². The van der Waals surface area contributed by atoms with Gasteiger partial charge in [-0.3, -0.25) is 9.59 Å². The van der Waals surface area contributed by atoms with Crippen molar-refractivity contribution < 1.29 is 14.0 Å². The van der Waals surface area contributed by atoms with Gasteiger partial charge < -0.3 is 4.42 Å². The zero-order valence-corrected chi connectivity index (χ0v) is 10.9. The first-order valence-corrected chi connectivity index (χ1v) is 6.62. The van der Waals surface area contributed by atoms with E-state index in [1.807, 2.05) is 25.1 Å². The Hall–Kier alpha value is -1.90. The normalized spacial score (nSPS) is 29.3. The Bertz CT molecular complexity index is 590. The smallest absolute Gasteiger partial charge is 0.168 e. The summed E-state index contributed by atoms with van der Waals surface area (Å²) in [4.78, 5) is 24.1. The zero-order chi connectivity index (χ0) is 13.5. The van der Waals surface area contributed by atoms with Crippen LogP contribution in [-0.2, 0) is 9.59 Å². The summed E-state index contributed by atoms with van der Waals surface area (Å²) in [5.74, 6) is 1.01. The lowest BCUT2D eigenvalue weighted by molar-refractivity contribution is -0.125. The lowest BCUT2D eigenvalue weighted by Gasteiger charge is -2.38. The number of fused-ring (bicyclic) bond motifs is 1. The first-order valence-electron chi connectivity index (χ1n) is 6.62. The Balaban J connectivity index is 1.96. The number of hydrogen-bond donors (Lipinski definition) is 0. The molecule has 3 nitrogen and oxygen atoms in total. The summed E-state index contributed by atoms with van der Waals surface area (Å²) in [5.41, 5.74) is 1.33. The van der Waals surface area contributed by atoms with Gasteiger partial charge in [-0.05, 0) is 50.5 Å². The van der Waals surface area contributed by atoms with Crippen molar-refractivity contribution in [1.29, 1.82) is 0 Å². The van der Waals surface area contributed by atoms with E-state index in [-0.39, 0.29) is 11.6 Å². The average Bonchev–Trinajstić information content (AvgIpc) is 2.89. The van der Waals surface area contributed by atoms with Gasteiger partial charge in [-0.15, -0.1) is 0 Å². The van der Waals surface area contributed by atoms with Gasteiger partial charge in [0.1, 0.15) is 5.76 Å². The van der Waals surface area contributed by atoms with Gasteiger partial charge >= 0.3 is 0 Å². The van der Waals surface area contributed by atoms with Crippen LogP contribution in [0.2, 0.25) is 0 Å². The minimum Gasteiger partial charge on any atom is -0.465 e. The Labute approximate surface area is 112 Å². The van der Waals surface area contributed by atoms with Crippen molar-refractivity contribution in [1.82, 2.24) is 0 Å². The molecule has 1 heterocycles. The summed E-state index contributed by atoms with van der Waals surface area (Å²) >= 11 is 0. The zero-order valence-electron chi connectivity index (χ0n) is 10.9. The molecule has 1 aromatic rings. The largest absolute Gasteiger partial charge is 0.465 e. The molecule has 0 aliphatic heterocycles. The van der Waals surface area contributed by atoms with Crippen molar-refractivity contribution in [3.63, 3.8) is 0 Å². The van der Waals surface area contributed by atoms with Gasteiger partial charge in [-0.1, -0.05) is 5.57 Å². The third-order valence-electron chi connectivity index (χ3n) is 4.23. The van der Waals surface area contributed by atoms with E-state index in [9.17, 15) is 9.59 Å². The second-order valence-corrected chi connectivity index (χ2v) is 5.48. The van der Waals surface area contributed by atoms with E-state index >= 15 is 0 Å². The maximum absolute atomic E-state index is 12.7. The van der Waals surface area contributed by atoms with Crippen LogP contribution < -0.4 is 0 Å². The van der Waals surface area contributed by atoms with Crippen LogP contribution >= 0.6 is 0 Å². The van der Waals surface area contributed by atoms with Crippen LogP contribution in [0.25, 0.3) is 6.08 Å². The van der Waals surface area contributed by atoms with Crippen LogP contribution in [0.1, 0.15) is 38.4 Å². The maximum atomic E-state index is 12.7. The van der Waals surface area contributed by atoms with Gasteiger partial charge in [-0.25, -0.2) is 0 Å². The maximum Gasteiger partial charge on any atom is 0.168 e. The van der Waals surface area contributed by atoms with Gasteiger partial charge in [0.15, 0.2) is 11.6 Å². The monoisotopic (exact) mass is 256 g/mol. The molecule has 3 heteroatoms. The van der Waals surface area contributed by atoms with Crippen molar-refractivity contribution in [2.24, 2.45) is 5.41 Å². The van der Waals surface area contributed by atoms with Crippen LogP contribution in [0.4, 0.5) is 0 Å². The number of allylic oxidation sites excluding steroid dienone is 3. The van der Waals surface area contributed by atoms with Crippen LogP contribution in [-0.4, -0.2) is 11.6 Å². The standard InChI is InChI=1S/C16H16O3/c1-16-7-6-13(17)10-12(16)5-4-11(15(16)18)9-14-3-2-8-19-14/h2-3,8-10H,4-7H2,1H3. The molecular formula is C16H16O3. The first-order chi connectivity index (χ1) is 9.09. The molecule has 2 aliphatic carbocycles. The number of ketones is 2. The van der Waals surface area contributed by atoms with Crippen molar-refractivity contribution in [2.45, 2.75) is 32.6 Å². The van der Waals surface area contributed by atoms with Crippen molar-refractivity contribution in [3.8, 4) is 0 Å². The average molecular weight is 256 g/mol. The third-order valence-corrected chi connectivity index (χ3v) is 4.23. The van der Waals surface area contributed by atoms with Crippen LogP contribution in [0.3, 0.4) is 0 Å². The molecule has 0 spiro atoms. The number of furan rings is 1. The molecular weight excluding hydrogens is 240 g/mol. The van der Waals surface area contributed by atoms with Crippen LogP contribution in [0.15, 0.2) is 40.0 Å². The highest BCUT2D eigenvalue weighted by molar-refractivity contribution is 6.08. The molecule has 1 atom stereocenters. The number of rotatable bonds is 1. The van der Waals surface area contributed by atoms with Gasteiger partial charge in [0, 0.05) is 12.0 Å². The summed E-state index contributed by atoms with van der Waals surface area (Å²) in [5, 5.41) is 0. The molecule has 1 aromatic heterocycles. The lowest BCUT2D eigenvalue weighted by atomic mass is 9.63. The van der Waals surface area contributed by atoms with Gasteiger partial charge in [0.2, 0.25) is 0 Å². The van der Waals surface area contributed by atoms with E-state index in [1.165, 1.54) is 0 Å². The molecule has 0 amide bonds. The molecule has 1 fully saturated rings. The molecule has 3 rings (SSSR count). The van der Waals surface area contributed by atoms with E-state index in [0.717, 1.165) is 17.6 Å². The summed E-state index contributed by atoms with van der Waals surface area (Å²) in [7, 11) is 0. The van der Waals surface area contributed by atoms with E-state index in [1.54, 1.807) is 12.3 Å². The predicted molar refractivity (Wildman–Crippen MR) is 71.4 cm³/mol. The topological polar surface area (TPSA) is 47.3 Å². The molecule has 1 saturated carbocycles. The highest BCUT2D eigenvalue weighted by Crippen LogP contribution is 2.46. The van der Waals surface area contributed by atoms with E-state index in [2.05, 4.69) is 0 Å². The molecule has 0 radical (unpaired) electrons. The Morgan fingerprint density at radius 2 is 2.11 bits per heavy atom. The minimum atomic E-state index is -0.482. The first kappa shape index (κ1) is 12.2. The lowest BCUT2D eigenvalue weighted by Crippen LogP contribution is -2.38. The van der Waals surface area contributed by atoms with Gasteiger partial charge in [0.05, 0.1) is 11.7 Å². The molecule has 2 aliphatic rings. The molecule has 0 saturated heterocycles. The predicted octanol–water partition coefficient (Wildman–Crippen LogP) is 3.32. The fourth-order valence-electron chi connectivity index (χ4n) is 2.99. The Morgan fingerprint density at radius 3 is 2.84 bits per heavy atom. The van der Waals surface area contributed by atoms with Gasteiger partial charge in [-0.2, -0.15) is 0 Å². The van der Waals surface area contributed by atoms with E-state index in [0.29, 0.717) is 25.0 Å². The van der Waals surface area contributed by atoms with Crippen LogP contribution in [0.5, 0.6) is 0 Å². The summed E-state index contributed by atoms with van der Waals surface area (Å²) < 4.78 is 5.27. The molecule has 0 N–H and O–H groups in total. The Kier molecular flexibility index (Phi) is 2.77. The Morgan fingerprint density at radius 1 is 1.26 bits per heavy atom. The molecule has 1 unspecified atom stereocenters. The number of carbonyl (C=O) groups is 2. The highest BCUT2D eigenvalue weighted by atomic mass is 16.3. The third kappa shape index (κ3) is 1.99. The second-order valence-electron chi connectivity index (χ2n) is 5.48. The summed E-state index contributed by atoms with van der Waals surface area (Å²) in [6, 6.07) is 3.66. The quantitative estimate of drug-likeness (QED) is 0.724. The summed E-state index contributed by atoms with van der Waals surface area (Å²) in [6.07, 6.45) is 7.71. The van der Waals surface area contributed by atoms with Crippen molar-refractivity contribution in [2.75, 3.05) is 0 Å². The number of carbonyl (C=O) groups excluding carboxylic acids is 2. The molecule has 0 aromatic carbocycles. The molecule has 19 heavy (non-hydrogen) atoms. The second kappa shape index (κ2) is 4.34. The minimum absolute atomic E-state index is 0.147. The molecule has 0 bridgehead atoms. The summed E-state index contributed by atoms with van der Waals surface area (Å²) in [6.45, 7) is 1.96. The van der Waals surface area contributed by atoms with Gasteiger partial charge in [0.25, 0.3) is 0 Å². The van der Waals surface area contributed by atoms with Crippen molar-refractivity contribution in [3.05, 3.63) is 41.4 Å². The fourth-order valence-corrected chi connectivity index (χ4v) is 2.99. The van der Waals surface area contributed by atoms with E-state index < -0.39 is 5.41 Å². The molecule has 98 valence electrons. The SMILES string of the molecule is CC12CCC(=O)C=C1CCC(=Cc1ccco1)C2=O. The fraction of sp³-hybridized carbons (Fsp3) is 0.375. The number of Topliss-reactive ketones (excluding diaryl/α,β-unsaturated/α-hetero) is 1. The highest BCUT2D eigenvalue weighted by Gasteiger charge is 2.43. The number of hydrogen-bond acceptors (Lipinski definition) is 3. The van der Waals surface area contributed by atoms with E-state index in [4.69, 9.17) is 4.42 Å². The van der Waals surface area contributed by atoms with Crippen molar-refractivity contribution >= 4 is 17.6 Å².